The van der Waals surface area contributed by atoms with E-state index >= 15 is 0 Å². The third kappa shape index (κ3) is 2.92. The molecular formula is C3H2O3. The molecule has 0 saturated carbocycles. The van der Waals surface area contributed by atoms with Gasteiger partial charge in [-0.15, -0.1) is 0 Å². The maximum Gasteiger partial charge on any atom is 0.339 e. The van der Waals surface area contributed by atoms with Gasteiger partial charge in [0.25, 0.3) is 0 Å². The molecule has 0 aliphatic carbocycles. The van der Waals surface area contributed by atoms with E-state index < -0.39 is 5.97 Å². The molecule has 32 valence electrons. The van der Waals surface area contributed by atoms with Crippen LogP contribution in [0.2, 0.25) is 0 Å². The summed E-state index contributed by atoms with van der Waals surface area (Å²) in [6.45, 7) is 0. The van der Waals surface area contributed by atoms with Crippen LogP contribution in [0.4, 0.5) is 0 Å². The zero-order valence-corrected chi connectivity index (χ0v) is 2.84. The van der Waals surface area contributed by atoms with E-state index in [9.17, 15) is 4.79 Å². The Morgan fingerprint density at radius 2 is 2.33 bits per heavy atom. The van der Waals surface area contributed by atoms with Gasteiger partial charge in [-0.05, 0) is 0 Å². The van der Waals surface area contributed by atoms with Crippen molar-refractivity contribution in [1.29, 1.82) is 0 Å². The van der Waals surface area contributed by atoms with Crippen LogP contribution in [0.25, 0.3) is 0 Å². The van der Waals surface area contributed by atoms with E-state index in [-0.39, 0.29) is 0 Å². The van der Waals surface area contributed by atoms with Gasteiger partial charge in [-0.3, -0.25) is 0 Å². The predicted molar refractivity (Wildman–Crippen MR) is 17.9 cm³/mol. The van der Waals surface area contributed by atoms with E-state index in [1.807, 2.05) is 0 Å². The van der Waals surface area contributed by atoms with Crippen LogP contribution in [0.15, 0.2) is 6.08 Å². The molecule has 0 radical (unpaired) electrons. The van der Waals surface area contributed by atoms with Crippen LogP contribution in [0.3, 0.4) is 0 Å². The number of carboxylic acid groups (broad SMARTS) is 1. The summed E-state index contributed by atoms with van der Waals surface area (Å²) in [6, 6.07) is 0. The van der Waals surface area contributed by atoms with Gasteiger partial charge in [-0.2, -0.15) is 0 Å². The fraction of sp³-hybridized carbons (Fsp3) is 0. The molecule has 0 atom stereocenters. The molecule has 0 heterocycles. The topological polar surface area (TPSA) is 54.4 Å². The average molecular weight is 86.0 g/mol. The van der Waals surface area contributed by atoms with Gasteiger partial charge in [-0.1, -0.05) is 0 Å². The van der Waals surface area contributed by atoms with Gasteiger partial charge in [0.05, 0.1) is 0 Å². The average Bonchev–Trinajstić information content (AvgIpc) is 1.35. The predicted octanol–water partition coefficient (Wildman–Crippen LogP) is -0.541. The molecule has 0 amide bonds. The molecule has 0 aromatic heterocycles. The Labute approximate surface area is 33.9 Å². The van der Waals surface area contributed by atoms with Crippen molar-refractivity contribution in [3.05, 3.63) is 6.08 Å². The summed E-state index contributed by atoms with van der Waals surface area (Å²) in [5.74, 6) is -0.167. The summed E-state index contributed by atoms with van der Waals surface area (Å²) >= 11 is 0. The molecule has 1 N–H and O–H groups in total. The molecule has 0 rings (SSSR count). The van der Waals surface area contributed by atoms with Crippen LogP contribution in [0, 0.1) is 0 Å². The molecule has 0 unspecified atom stereocenters. The Hall–Kier alpha value is -1.08. The SMILES string of the molecule is O=C=CC(=O)O. The van der Waals surface area contributed by atoms with Crippen LogP contribution in [-0.2, 0) is 9.59 Å². The van der Waals surface area contributed by atoms with E-state index in [0.29, 0.717) is 6.08 Å². The highest BCUT2D eigenvalue weighted by Gasteiger charge is 1.79. The first kappa shape index (κ1) is 4.92. The van der Waals surface area contributed by atoms with Crippen molar-refractivity contribution in [1.82, 2.24) is 0 Å². The second-order valence-corrected chi connectivity index (χ2v) is 0.600. The molecule has 0 aliphatic heterocycles. The van der Waals surface area contributed by atoms with Crippen LogP contribution >= 0.6 is 0 Å². The summed E-state index contributed by atoms with van der Waals surface area (Å²) in [4.78, 5) is 18.3. The van der Waals surface area contributed by atoms with Crippen LogP contribution < -0.4 is 0 Å². The Morgan fingerprint density at radius 3 is 2.33 bits per heavy atom. The van der Waals surface area contributed by atoms with Crippen molar-refractivity contribution in [2.75, 3.05) is 0 Å². The Balaban J connectivity index is 3.60. The minimum Gasteiger partial charge on any atom is -0.478 e. The van der Waals surface area contributed by atoms with Crippen molar-refractivity contribution in [3.63, 3.8) is 0 Å². The van der Waals surface area contributed by atoms with E-state index in [1.54, 1.807) is 0 Å². The molecule has 0 aromatic carbocycles. The molecule has 0 bridgehead atoms. The number of aliphatic carboxylic acids is 1. The molecule has 0 aliphatic rings. The highest BCUT2D eigenvalue weighted by Crippen LogP contribution is 1.53. The number of hydrogen-bond donors (Lipinski definition) is 1. The minimum atomic E-state index is -1.26. The molecule has 0 fully saturated rings. The normalized spacial score (nSPS) is 6.00. The van der Waals surface area contributed by atoms with Crippen LogP contribution in [0.5, 0.6) is 0 Å². The summed E-state index contributed by atoms with van der Waals surface area (Å²) in [6.07, 6.45) is 0.403. The molecule has 0 aromatic rings. The van der Waals surface area contributed by atoms with Gasteiger partial charge in [0.2, 0.25) is 0 Å². The number of rotatable bonds is 1. The Bertz CT molecular complexity index is 98.6. The third-order valence-electron chi connectivity index (χ3n) is 0.182. The van der Waals surface area contributed by atoms with Gasteiger partial charge in [0.15, 0.2) is 0 Å². The lowest BCUT2D eigenvalue weighted by atomic mass is 10.7. The van der Waals surface area contributed by atoms with Crippen LogP contribution in [-0.4, -0.2) is 17.0 Å². The summed E-state index contributed by atoms with van der Waals surface area (Å²) in [5, 5.41) is 7.60. The van der Waals surface area contributed by atoms with Crippen LogP contribution in [0.1, 0.15) is 0 Å². The highest BCUT2D eigenvalue weighted by molar-refractivity contribution is 5.88. The lowest BCUT2D eigenvalue weighted by molar-refractivity contribution is -0.131. The number of hydrogen-bond acceptors (Lipinski definition) is 2. The van der Waals surface area contributed by atoms with Gasteiger partial charge in [0.1, 0.15) is 12.0 Å². The molecular weight excluding hydrogens is 84.0 g/mol. The first-order chi connectivity index (χ1) is 2.77. The lowest BCUT2D eigenvalue weighted by Crippen LogP contribution is -1.84. The van der Waals surface area contributed by atoms with Crippen molar-refractivity contribution in [2.24, 2.45) is 0 Å². The second kappa shape index (κ2) is 2.18. The molecule has 3 nitrogen and oxygen atoms in total. The van der Waals surface area contributed by atoms with Gasteiger partial charge >= 0.3 is 5.97 Å². The van der Waals surface area contributed by atoms with Gasteiger partial charge in [-0.25, -0.2) is 9.59 Å². The zero-order valence-electron chi connectivity index (χ0n) is 2.84. The van der Waals surface area contributed by atoms with E-state index in [0.717, 1.165) is 5.94 Å². The molecule has 3 heteroatoms. The summed E-state index contributed by atoms with van der Waals surface area (Å²) < 4.78 is 0. The highest BCUT2D eigenvalue weighted by atomic mass is 16.4. The standard InChI is InChI=1S/C3H2O3/c4-2-1-3(5)6/h1H,(H,5,6). The lowest BCUT2D eigenvalue weighted by Gasteiger charge is -1.62. The smallest absolute Gasteiger partial charge is 0.339 e. The third-order valence-corrected chi connectivity index (χ3v) is 0.182. The van der Waals surface area contributed by atoms with E-state index in [4.69, 9.17) is 9.90 Å². The number of carboxylic acids is 1. The van der Waals surface area contributed by atoms with Gasteiger partial charge in [0, 0.05) is 0 Å². The molecule has 0 spiro atoms. The maximum atomic E-state index is 9.28. The van der Waals surface area contributed by atoms with Crippen molar-refractivity contribution >= 4 is 11.9 Å². The van der Waals surface area contributed by atoms with Crippen molar-refractivity contribution < 1.29 is 14.7 Å². The van der Waals surface area contributed by atoms with Crippen molar-refractivity contribution in [2.45, 2.75) is 0 Å². The van der Waals surface area contributed by atoms with Crippen molar-refractivity contribution in [3.8, 4) is 0 Å². The minimum absolute atomic E-state index is 0.403. The molecule has 6 heavy (non-hydrogen) atoms. The fourth-order valence-corrected chi connectivity index (χ4v) is 0.0504. The Kier molecular flexibility index (Phi) is 1.78. The van der Waals surface area contributed by atoms with E-state index in [2.05, 4.69) is 0 Å². The van der Waals surface area contributed by atoms with E-state index in [1.165, 1.54) is 0 Å². The molecule has 0 saturated heterocycles. The largest absolute Gasteiger partial charge is 0.478 e. The maximum absolute atomic E-state index is 9.28. The number of carbonyl (C=O) groups excluding carboxylic acids is 1. The number of carbonyl (C=O) groups is 1. The zero-order chi connectivity index (χ0) is 4.99. The fourth-order valence-electron chi connectivity index (χ4n) is 0.0504. The summed E-state index contributed by atoms with van der Waals surface area (Å²) in [7, 11) is 0. The quantitative estimate of drug-likeness (QED) is 0.344. The summed E-state index contributed by atoms with van der Waals surface area (Å²) in [5.41, 5.74) is 0. The first-order valence-corrected chi connectivity index (χ1v) is 1.21. The second-order valence-electron chi connectivity index (χ2n) is 0.600. The first-order valence-electron chi connectivity index (χ1n) is 1.21. The Morgan fingerprint density at radius 1 is 1.83 bits per heavy atom. The monoisotopic (exact) mass is 86.0 g/mol. The van der Waals surface area contributed by atoms with Gasteiger partial charge < -0.3 is 5.11 Å².